The minimum atomic E-state index is -0.727. The van der Waals surface area contributed by atoms with E-state index in [0.29, 0.717) is 5.69 Å². The van der Waals surface area contributed by atoms with Gasteiger partial charge in [0, 0.05) is 6.20 Å². The number of rotatable bonds is 4. The van der Waals surface area contributed by atoms with Crippen LogP contribution in [0, 0.1) is 5.82 Å². The maximum absolute atomic E-state index is 14.3. The molecule has 3 rings (SSSR count). The third-order valence-electron chi connectivity index (χ3n) is 2.68. The van der Waals surface area contributed by atoms with E-state index in [4.69, 9.17) is 14.9 Å². The summed E-state index contributed by atoms with van der Waals surface area (Å²) in [5.74, 6) is -0.808. The van der Waals surface area contributed by atoms with Crippen LogP contribution in [0.5, 0.6) is 5.88 Å². The number of hydrogen-bond donors (Lipinski definition) is 1. The highest BCUT2D eigenvalue weighted by atomic mass is 19.1. The van der Waals surface area contributed by atoms with Crippen molar-refractivity contribution in [3.8, 4) is 17.3 Å². The molecule has 106 valence electrons. The van der Waals surface area contributed by atoms with Crippen LogP contribution in [-0.4, -0.2) is 15.0 Å². The predicted molar refractivity (Wildman–Crippen MR) is 72.7 cm³/mol. The monoisotopic (exact) mass is 286 g/mol. The summed E-state index contributed by atoms with van der Waals surface area (Å²) in [6.45, 7) is 0.0752. The van der Waals surface area contributed by atoms with Crippen LogP contribution in [0.15, 0.2) is 47.2 Å². The van der Waals surface area contributed by atoms with Crippen LogP contribution in [0.1, 0.15) is 5.69 Å². The summed E-state index contributed by atoms with van der Waals surface area (Å²) in [6.07, 6.45) is 3.04. The third kappa shape index (κ3) is 2.81. The van der Waals surface area contributed by atoms with Crippen LogP contribution in [0.4, 0.5) is 10.3 Å². The second-order valence-corrected chi connectivity index (χ2v) is 4.14. The average molecular weight is 286 g/mol. The molecule has 0 unspecified atom stereocenters. The minimum Gasteiger partial charge on any atom is -0.469 e. The Hall–Kier alpha value is -2.96. The van der Waals surface area contributed by atoms with E-state index >= 15 is 0 Å². The molecule has 3 aromatic rings. The van der Waals surface area contributed by atoms with Gasteiger partial charge in [-0.2, -0.15) is 9.37 Å². The van der Waals surface area contributed by atoms with Gasteiger partial charge in [-0.1, -0.05) is 6.07 Å². The Labute approximate surface area is 119 Å². The van der Waals surface area contributed by atoms with Crippen LogP contribution in [-0.2, 0) is 6.61 Å². The highest BCUT2D eigenvalue weighted by Crippen LogP contribution is 2.27. The Bertz CT molecular complexity index is 732. The fraction of sp³-hybridized carbons (Fsp3) is 0.0714. The van der Waals surface area contributed by atoms with Gasteiger partial charge in [0.25, 0.3) is 5.88 Å². The molecular weight excluding hydrogens is 275 g/mol. The maximum atomic E-state index is 14.3. The summed E-state index contributed by atoms with van der Waals surface area (Å²) in [7, 11) is 0. The van der Waals surface area contributed by atoms with E-state index < -0.39 is 5.82 Å². The van der Waals surface area contributed by atoms with Crippen molar-refractivity contribution in [3.05, 3.63) is 54.3 Å². The molecule has 0 radical (unpaired) electrons. The molecule has 0 bridgehead atoms. The Balaban J connectivity index is 1.89. The van der Waals surface area contributed by atoms with Gasteiger partial charge in [0.05, 0.1) is 12.0 Å². The molecule has 0 atom stereocenters. The molecule has 21 heavy (non-hydrogen) atoms. The molecule has 3 heterocycles. The van der Waals surface area contributed by atoms with Crippen LogP contribution < -0.4 is 10.5 Å². The maximum Gasteiger partial charge on any atom is 0.256 e. The van der Waals surface area contributed by atoms with E-state index in [9.17, 15) is 4.39 Å². The zero-order valence-corrected chi connectivity index (χ0v) is 10.9. The first-order chi connectivity index (χ1) is 10.2. The van der Waals surface area contributed by atoms with Crippen molar-refractivity contribution in [2.24, 2.45) is 0 Å². The fourth-order valence-electron chi connectivity index (χ4n) is 1.74. The molecule has 2 N–H and O–H groups in total. The molecule has 0 aliphatic rings. The number of anilines is 1. The van der Waals surface area contributed by atoms with Gasteiger partial charge in [0.1, 0.15) is 6.61 Å². The number of furan rings is 1. The Morgan fingerprint density at radius 1 is 1.19 bits per heavy atom. The lowest BCUT2D eigenvalue weighted by molar-refractivity contribution is 0.273. The van der Waals surface area contributed by atoms with E-state index in [0.717, 1.165) is 0 Å². The van der Waals surface area contributed by atoms with Crippen molar-refractivity contribution in [1.82, 2.24) is 15.0 Å². The minimum absolute atomic E-state index is 0.0384. The van der Waals surface area contributed by atoms with Crippen LogP contribution in [0.3, 0.4) is 0 Å². The van der Waals surface area contributed by atoms with Gasteiger partial charge in [-0.25, -0.2) is 4.98 Å². The lowest BCUT2D eigenvalue weighted by Crippen LogP contribution is -2.06. The molecule has 0 amide bonds. The molecule has 0 aliphatic carbocycles. The average Bonchev–Trinajstić information content (AvgIpc) is 3.03. The Kier molecular flexibility index (Phi) is 3.46. The Morgan fingerprint density at radius 3 is 2.81 bits per heavy atom. The van der Waals surface area contributed by atoms with Gasteiger partial charge in [-0.3, -0.25) is 4.98 Å². The fourth-order valence-corrected chi connectivity index (χ4v) is 1.74. The standard InChI is InChI=1S/C14H11FN4O2/c15-11-12(10-5-3-7-20-10)18-14(16)19-13(11)21-8-9-4-1-2-6-17-9/h1-7H,8H2,(H2,16,18,19). The first kappa shape index (κ1) is 13.0. The number of hydrogen-bond acceptors (Lipinski definition) is 6. The van der Waals surface area contributed by atoms with E-state index in [1.165, 1.54) is 6.26 Å². The molecule has 0 saturated carbocycles. The highest BCUT2D eigenvalue weighted by Gasteiger charge is 2.18. The van der Waals surface area contributed by atoms with Crippen molar-refractivity contribution < 1.29 is 13.5 Å². The number of ether oxygens (including phenoxy) is 1. The molecule has 0 fully saturated rings. The summed E-state index contributed by atoms with van der Waals surface area (Å²) in [5, 5.41) is 0. The highest BCUT2D eigenvalue weighted by molar-refractivity contribution is 5.56. The number of nitrogens with two attached hydrogens (primary N) is 1. The van der Waals surface area contributed by atoms with Gasteiger partial charge in [0.15, 0.2) is 11.5 Å². The van der Waals surface area contributed by atoms with E-state index in [2.05, 4.69) is 15.0 Å². The van der Waals surface area contributed by atoms with Crippen molar-refractivity contribution >= 4 is 5.95 Å². The SMILES string of the molecule is Nc1nc(OCc2ccccn2)c(F)c(-c2ccco2)n1. The lowest BCUT2D eigenvalue weighted by atomic mass is 10.3. The van der Waals surface area contributed by atoms with E-state index in [1.54, 1.807) is 30.5 Å². The van der Waals surface area contributed by atoms with E-state index in [-0.39, 0.29) is 29.9 Å². The van der Waals surface area contributed by atoms with Gasteiger partial charge in [0.2, 0.25) is 11.8 Å². The third-order valence-corrected chi connectivity index (χ3v) is 2.68. The number of pyridine rings is 1. The van der Waals surface area contributed by atoms with Crippen molar-refractivity contribution in [2.45, 2.75) is 6.61 Å². The molecule has 0 spiro atoms. The van der Waals surface area contributed by atoms with Gasteiger partial charge in [-0.15, -0.1) is 0 Å². The number of nitrogen functional groups attached to an aromatic ring is 1. The van der Waals surface area contributed by atoms with Gasteiger partial charge < -0.3 is 14.9 Å². The van der Waals surface area contributed by atoms with Gasteiger partial charge in [-0.05, 0) is 24.3 Å². The van der Waals surface area contributed by atoms with Gasteiger partial charge >= 0.3 is 0 Å². The zero-order chi connectivity index (χ0) is 14.7. The Morgan fingerprint density at radius 2 is 2.10 bits per heavy atom. The quantitative estimate of drug-likeness (QED) is 0.792. The molecule has 3 aromatic heterocycles. The van der Waals surface area contributed by atoms with Crippen LogP contribution in [0.25, 0.3) is 11.5 Å². The van der Waals surface area contributed by atoms with Crippen molar-refractivity contribution in [1.29, 1.82) is 0 Å². The summed E-state index contributed by atoms with van der Waals surface area (Å²) in [5.41, 5.74) is 6.19. The summed E-state index contributed by atoms with van der Waals surface area (Å²) in [4.78, 5) is 11.7. The first-order valence-electron chi connectivity index (χ1n) is 6.13. The second kappa shape index (κ2) is 5.58. The molecule has 0 saturated heterocycles. The molecule has 7 heteroatoms. The topological polar surface area (TPSA) is 87.1 Å². The lowest BCUT2D eigenvalue weighted by Gasteiger charge is -2.08. The smallest absolute Gasteiger partial charge is 0.256 e. The number of halogens is 1. The summed E-state index contributed by atoms with van der Waals surface area (Å²) >= 11 is 0. The summed E-state index contributed by atoms with van der Waals surface area (Å²) in [6, 6.07) is 8.55. The number of aromatic nitrogens is 3. The largest absolute Gasteiger partial charge is 0.469 e. The zero-order valence-electron chi connectivity index (χ0n) is 10.9. The van der Waals surface area contributed by atoms with Crippen molar-refractivity contribution in [3.63, 3.8) is 0 Å². The molecular formula is C14H11FN4O2. The molecule has 0 aromatic carbocycles. The predicted octanol–water partition coefficient (Wildman–Crippen LogP) is 2.43. The van der Waals surface area contributed by atoms with E-state index in [1.807, 2.05) is 6.07 Å². The molecule has 0 aliphatic heterocycles. The number of nitrogens with zero attached hydrogens (tertiary/aromatic N) is 3. The normalized spacial score (nSPS) is 10.5. The summed E-state index contributed by atoms with van der Waals surface area (Å²) < 4.78 is 24.8. The van der Waals surface area contributed by atoms with Crippen LogP contribution in [0.2, 0.25) is 0 Å². The van der Waals surface area contributed by atoms with Crippen molar-refractivity contribution in [2.75, 3.05) is 5.73 Å². The molecule has 6 nitrogen and oxygen atoms in total. The van der Waals surface area contributed by atoms with Crippen LogP contribution >= 0.6 is 0 Å². The second-order valence-electron chi connectivity index (χ2n) is 4.14. The first-order valence-corrected chi connectivity index (χ1v) is 6.13.